The fourth-order valence-electron chi connectivity index (χ4n) is 5.40. The molecule has 2 unspecified atom stereocenters. The quantitative estimate of drug-likeness (QED) is 0.579. The van der Waals surface area contributed by atoms with E-state index >= 15 is 0 Å². The van der Waals surface area contributed by atoms with E-state index in [0.29, 0.717) is 43.9 Å². The van der Waals surface area contributed by atoms with Crippen LogP contribution in [-0.2, 0) is 16.0 Å². The molecule has 38 heavy (non-hydrogen) atoms. The molecule has 4 rings (SSSR count). The van der Waals surface area contributed by atoms with Crippen molar-refractivity contribution >= 4 is 17.7 Å². The molecular formula is C30H40N4O4. The third kappa shape index (κ3) is 6.54. The Morgan fingerprint density at radius 1 is 1.05 bits per heavy atom. The molecule has 2 aromatic carbocycles. The van der Waals surface area contributed by atoms with E-state index in [1.807, 2.05) is 41.8 Å². The molecule has 2 atom stereocenters. The van der Waals surface area contributed by atoms with Gasteiger partial charge in [-0.15, -0.1) is 0 Å². The summed E-state index contributed by atoms with van der Waals surface area (Å²) >= 11 is 0. The van der Waals surface area contributed by atoms with Crippen LogP contribution in [0, 0.1) is 5.92 Å². The summed E-state index contributed by atoms with van der Waals surface area (Å²) in [6, 6.07) is 16.3. The number of hydrogen-bond donors (Lipinski definition) is 1. The Kier molecular flexibility index (Phi) is 9.39. The van der Waals surface area contributed by atoms with Crippen LogP contribution < -0.4 is 10.1 Å². The van der Waals surface area contributed by atoms with Crippen LogP contribution in [0.5, 0.6) is 5.75 Å². The largest absolute Gasteiger partial charge is 0.497 e. The van der Waals surface area contributed by atoms with Crippen molar-refractivity contribution < 1.29 is 19.1 Å². The van der Waals surface area contributed by atoms with Gasteiger partial charge in [-0.3, -0.25) is 14.4 Å². The molecule has 0 spiro atoms. The van der Waals surface area contributed by atoms with Gasteiger partial charge in [-0.2, -0.15) is 0 Å². The predicted octanol–water partition coefficient (Wildman–Crippen LogP) is 2.83. The third-order valence-electron chi connectivity index (χ3n) is 7.50. The minimum absolute atomic E-state index is 0.0348. The first-order valence-corrected chi connectivity index (χ1v) is 13.7. The van der Waals surface area contributed by atoms with Gasteiger partial charge in [-0.1, -0.05) is 50.2 Å². The van der Waals surface area contributed by atoms with Crippen LogP contribution in [0.1, 0.15) is 42.6 Å². The van der Waals surface area contributed by atoms with Crippen molar-refractivity contribution in [2.24, 2.45) is 5.92 Å². The number of carbonyl (C=O) groups is 3. The maximum atomic E-state index is 13.8. The summed E-state index contributed by atoms with van der Waals surface area (Å²) in [6.07, 6.45) is 2.03. The number of carbonyl (C=O) groups excluding carboxylic acids is 3. The van der Waals surface area contributed by atoms with Crippen molar-refractivity contribution in [1.82, 2.24) is 20.0 Å². The molecule has 0 saturated carbocycles. The van der Waals surface area contributed by atoms with E-state index < -0.39 is 6.04 Å². The normalized spacial score (nSPS) is 19.8. The first-order valence-electron chi connectivity index (χ1n) is 13.7. The number of nitrogens with one attached hydrogen (secondary N) is 1. The molecule has 0 aliphatic carbocycles. The smallest absolute Gasteiger partial charge is 0.254 e. The Bertz CT molecular complexity index is 1100. The second kappa shape index (κ2) is 12.9. The second-order valence-electron chi connectivity index (χ2n) is 10.4. The molecule has 2 saturated heterocycles. The lowest BCUT2D eigenvalue weighted by Gasteiger charge is -2.31. The van der Waals surface area contributed by atoms with Gasteiger partial charge in [0.15, 0.2) is 0 Å². The molecular weight excluding hydrogens is 480 g/mol. The first kappa shape index (κ1) is 27.6. The van der Waals surface area contributed by atoms with Gasteiger partial charge >= 0.3 is 0 Å². The number of likely N-dealkylation sites (tertiary alicyclic amines) is 1. The summed E-state index contributed by atoms with van der Waals surface area (Å²) in [5.41, 5.74) is 1.63. The third-order valence-corrected chi connectivity index (χ3v) is 7.50. The molecule has 1 N–H and O–H groups in total. The minimum Gasteiger partial charge on any atom is -0.497 e. The number of methoxy groups -OCH3 is 1. The number of hydrogen-bond acceptors (Lipinski definition) is 5. The summed E-state index contributed by atoms with van der Waals surface area (Å²) in [5, 5.41) is 3.34. The van der Waals surface area contributed by atoms with Crippen molar-refractivity contribution in [1.29, 1.82) is 0 Å². The summed E-state index contributed by atoms with van der Waals surface area (Å²) in [4.78, 5) is 46.5. The standard InChI is InChI=1S/C30H40N4O4/c1-22(2)28(35)33(17-13-23-9-5-4-6-10-23)25-20-27(30(37)32-16-8-14-31-15-18-32)34(21-25)29(36)24-11-7-12-26(19-24)38-3/h4-7,9-12,19,22,25,27,31H,8,13-18,20-21H2,1-3H3. The molecule has 2 fully saturated rings. The average Bonchev–Trinajstić information content (AvgIpc) is 3.19. The highest BCUT2D eigenvalue weighted by atomic mass is 16.5. The number of benzene rings is 2. The number of rotatable bonds is 8. The van der Waals surface area contributed by atoms with Gasteiger partial charge in [0.25, 0.3) is 5.91 Å². The Hall–Kier alpha value is -3.39. The lowest BCUT2D eigenvalue weighted by molar-refractivity contribution is -0.137. The predicted molar refractivity (Wildman–Crippen MR) is 147 cm³/mol. The monoisotopic (exact) mass is 520 g/mol. The van der Waals surface area contributed by atoms with E-state index in [0.717, 1.165) is 31.5 Å². The lowest BCUT2D eigenvalue weighted by Crippen LogP contribution is -2.48. The minimum atomic E-state index is -0.615. The zero-order valence-corrected chi connectivity index (χ0v) is 22.8. The molecule has 2 heterocycles. The van der Waals surface area contributed by atoms with E-state index in [1.165, 1.54) is 0 Å². The molecule has 8 heteroatoms. The first-order chi connectivity index (χ1) is 18.4. The van der Waals surface area contributed by atoms with Crippen molar-refractivity contribution in [3.05, 3.63) is 65.7 Å². The van der Waals surface area contributed by atoms with E-state index in [1.54, 1.807) is 36.3 Å². The molecule has 8 nitrogen and oxygen atoms in total. The van der Waals surface area contributed by atoms with Gasteiger partial charge in [0, 0.05) is 44.2 Å². The Morgan fingerprint density at radius 2 is 1.84 bits per heavy atom. The molecule has 2 aliphatic rings. The molecule has 0 bridgehead atoms. The maximum absolute atomic E-state index is 13.8. The van der Waals surface area contributed by atoms with Gasteiger partial charge in [-0.05, 0) is 49.6 Å². The Labute approximate surface area is 225 Å². The lowest BCUT2D eigenvalue weighted by atomic mass is 10.0. The molecule has 2 aliphatic heterocycles. The van der Waals surface area contributed by atoms with Crippen LogP contribution >= 0.6 is 0 Å². The molecule has 204 valence electrons. The highest BCUT2D eigenvalue weighted by Gasteiger charge is 2.44. The Balaban J connectivity index is 1.62. The van der Waals surface area contributed by atoms with Gasteiger partial charge in [0.2, 0.25) is 11.8 Å². The van der Waals surface area contributed by atoms with E-state index in [4.69, 9.17) is 4.74 Å². The fraction of sp³-hybridized carbons (Fsp3) is 0.500. The molecule has 3 amide bonds. The van der Waals surface area contributed by atoms with Gasteiger partial charge in [0.05, 0.1) is 13.2 Å². The SMILES string of the molecule is COc1cccc(C(=O)N2CC(N(CCc3ccccc3)C(=O)C(C)C)CC2C(=O)N2CCCNCC2)c1. The average molecular weight is 521 g/mol. The van der Waals surface area contributed by atoms with Crippen LogP contribution in [0.25, 0.3) is 0 Å². The highest BCUT2D eigenvalue weighted by Crippen LogP contribution is 2.28. The number of ether oxygens (including phenoxy) is 1. The van der Waals surface area contributed by atoms with Crippen molar-refractivity contribution in [2.45, 2.75) is 45.2 Å². The number of amides is 3. The van der Waals surface area contributed by atoms with Crippen LogP contribution in [0.2, 0.25) is 0 Å². The summed E-state index contributed by atoms with van der Waals surface area (Å²) in [5.74, 6) is 0.212. The van der Waals surface area contributed by atoms with E-state index in [9.17, 15) is 14.4 Å². The number of nitrogens with zero attached hydrogens (tertiary/aromatic N) is 3. The van der Waals surface area contributed by atoms with Crippen molar-refractivity contribution in [3.63, 3.8) is 0 Å². The summed E-state index contributed by atoms with van der Waals surface area (Å²) in [6.45, 7) is 7.56. The topological polar surface area (TPSA) is 82.2 Å². The fourth-order valence-corrected chi connectivity index (χ4v) is 5.40. The van der Waals surface area contributed by atoms with Crippen molar-refractivity contribution in [3.8, 4) is 5.75 Å². The van der Waals surface area contributed by atoms with Crippen molar-refractivity contribution in [2.75, 3.05) is 46.4 Å². The van der Waals surface area contributed by atoms with Gasteiger partial charge < -0.3 is 24.8 Å². The highest BCUT2D eigenvalue weighted by molar-refractivity contribution is 5.98. The van der Waals surface area contributed by atoms with Crippen LogP contribution in [0.4, 0.5) is 0 Å². The van der Waals surface area contributed by atoms with Gasteiger partial charge in [0.1, 0.15) is 11.8 Å². The van der Waals surface area contributed by atoms with Crippen LogP contribution in [-0.4, -0.2) is 90.9 Å². The maximum Gasteiger partial charge on any atom is 0.254 e. The summed E-state index contributed by atoms with van der Waals surface area (Å²) in [7, 11) is 1.57. The zero-order valence-electron chi connectivity index (χ0n) is 22.8. The summed E-state index contributed by atoms with van der Waals surface area (Å²) < 4.78 is 5.34. The van der Waals surface area contributed by atoms with Crippen LogP contribution in [0.15, 0.2) is 54.6 Å². The zero-order chi connectivity index (χ0) is 27.1. The Morgan fingerprint density at radius 3 is 2.58 bits per heavy atom. The van der Waals surface area contributed by atoms with E-state index in [2.05, 4.69) is 17.4 Å². The molecule has 0 aromatic heterocycles. The molecule has 0 radical (unpaired) electrons. The van der Waals surface area contributed by atoms with Gasteiger partial charge in [-0.25, -0.2) is 0 Å². The van der Waals surface area contributed by atoms with E-state index in [-0.39, 0.29) is 29.7 Å². The molecule has 2 aromatic rings. The van der Waals surface area contributed by atoms with Crippen LogP contribution in [0.3, 0.4) is 0 Å². The second-order valence-corrected chi connectivity index (χ2v) is 10.4.